The molecule has 0 N–H and O–H groups in total. The molecule has 1 amide bonds. The van der Waals surface area contributed by atoms with Crippen LogP contribution in [0.1, 0.15) is 33.9 Å². The van der Waals surface area contributed by atoms with Crippen molar-refractivity contribution in [3.8, 4) is 0 Å². The first-order chi connectivity index (χ1) is 14.4. The van der Waals surface area contributed by atoms with Crippen LogP contribution in [0.3, 0.4) is 0 Å². The highest BCUT2D eigenvalue weighted by atomic mass is 16.3. The maximum Gasteiger partial charge on any atom is 0.332 e. The van der Waals surface area contributed by atoms with E-state index in [1.165, 1.54) is 15.5 Å². The molecule has 1 unspecified atom stereocenters. The number of likely N-dealkylation sites (tertiary alicyclic amines) is 1. The quantitative estimate of drug-likeness (QED) is 0.614. The molecule has 1 saturated heterocycles. The smallest absolute Gasteiger partial charge is 0.332 e. The standard InChI is InChI=1S/C22H22N4O4/c1-15-4-6-16(7-5-15)12-26-21(29)20(28)25-14-22(11-18(25)23-26)8-9-24(13-22)19(27)17-3-2-10-30-17/h2-7,10H,8-9,11-14H2,1H3. The molecule has 0 radical (unpaired) electrons. The summed E-state index contributed by atoms with van der Waals surface area (Å²) in [5.41, 5.74) is 0.627. The van der Waals surface area contributed by atoms with Gasteiger partial charge in [-0.15, -0.1) is 0 Å². The maximum atomic E-state index is 12.8. The fourth-order valence-electron chi connectivity index (χ4n) is 4.51. The summed E-state index contributed by atoms with van der Waals surface area (Å²) in [5.74, 6) is 0.779. The van der Waals surface area contributed by atoms with Gasteiger partial charge in [0.05, 0.1) is 12.8 Å². The number of aryl methyl sites for hydroxylation is 1. The third-order valence-electron chi connectivity index (χ3n) is 6.15. The molecule has 2 aromatic heterocycles. The van der Waals surface area contributed by atoms with Gasteiger partial charge >= 0.3 is 11.1 Å². The minimum atomic E-state index is -0.613. The molecule has 2 aliphatic rings. The largest absolute Gasteiger partial charge is 0.459 e. The fraction of sp³-hybridized carbons (Fsp3) is 0.364. The summed E-state index contributed by atoms with van der Waals surface area (Å²) in [6.07, 6.45) is 2.81. The first-order valence-electron chi connectivity index (χ1n) is 10.0. The van der Waals surface area contributed by atoms with Gasteiger partial charge in [0.1, 0.15) is 5.82 Å². The lowest BCUT2D eigenvalue weighted by Crippen LogP contribution is -2.43. The van der Waals surface area contributed by atoms with E-state index in [9.17, 15) is 14.4 Å². The van der Waals surface area contributed by atoms with Gasteiger partial charge in [0.25, 0.3) is 5.91 Å². The van der Waals surface area contributed by atoms with Crippen molar-refractivity contribution >= 4 is 5.91 Å². The summed E-state index contributed by atoms with van der Waals surface area (Å²) in [5, 5.41) is 4.52. The molecule has 8 nitrogen and oxygen atoms in total. The summed E-state index contributed by atoms with van der Waals surface area (Å²) in [6, 6.07) is 11.2. The number of rotatable bonds is 3. The Labute approximate surface area is 172 Å². The molecular weight excluding hydrogens is 384 g/mol. The van der Waals surface area contributed by atoms with E-state index in [1.54, 1.807) is 17.0 Å². The van der Waals surface area contributed by atoms with Crippen LogP contribution in [0, 0.1) is 12.3 Å². The zero-order chi connectivity index (χ0) is 20.9. The number of hydrogen-bond acceptors (Lipinski definition) is 5. The van der Waals surface area contributed by atoms with Gasteiger partial charge in [-0.1, -0.05) is 29.8 Å². The van der Waals surface area contributed by atoms with Gasteiger partial charge in [-0.05, 0) is 31.0 Å². The van der Waals surface area contributed by atoms with Crippen LogP contribution < -0.4 is 11.1 Å². The van der Waals surface area contributed by atoms with E-state index in [4.69, 9.17) is 4.42 Å². The average molecular weight is 406 g/mol. The highest BCUT2D eigenvalue weighted by Crippen LogP contribution is 2.39. The summed E-state index contributed by atoms with van der Waals surface area (Å²) < 4.78 is 7.99. The normalized spacial score (nSPS) is 20.1. The average Bonchev–Trinajstić information content (AvgIpc) is 3.48. The topological polar surface area (TPSA) is 90.3 Å². The minimum absolute atomic E-state index is 0.146. The fourth-order valence-corrected chi connectivity index (χ4v) is 4.51. The molecular formula is C22H22N4O4. The molecule has 1 aromatic carbocycles. The van der Waals surface area contributed by atoms with Crippen molar-refractivity contribution < 1.29 is 9.21 Å². The number of hydrogen-bond donors (Lipinski definition) is 0. The number of fused-ring (bicyclic) bond motifs is 1. The zero-order valence-corrected chi connectivity index (χ0v) is 16.7. The van der Waals surface area contributed by atoms with E-state index in [0.717, 1.165) is 17.5 Å². The van der Waals surface area contributed by atoms with E-state index in [1.807, 2.05) is 31.2 Å². The molecule has 1 spiro atoms. The SMILES string of the molecule is Cc1ccc(Cn2nc3n(c(=O)c2=O)CC2(CCN(C(=O)c4ccco4)C2)C3)cc1. The van der Waals surface area contributed by atoms with Crippen molar-refractivity contribution in [1.29, 1.82) is 0 Å². The van der Waals surface area contributed by atoms with E-state index in [-0.39, 0.29) is 17.9 Å². The molecule has 3 aromatic rings. The number of amides is 1. The number of carbonyl (C=O) groups is 1. The van der Waals surface area contributed by atoms with Gasteiger partial charge in [-0.3, -0.25) is 19.0 Å². The molecule has 30 heavy (non-hydrogen) atoms. The molecule has 154 valence electrons. The van der Waals surface area contributed by atoms with Gasteiger partial charge in [0.15, 0.2) is 5.76 Å². The van der Waals surface area contributed by atoms with Gasteiger partial charge in [0.2, 0.25) is 0 Å². The highest BCUT2D eigenvalue weighted by molar-refractivity contribution is 5.91. The lowest BCUT2D eigenvalue weighted by atomic mass is 9.86. The minimum Gasteiger partial charge on any atom is -0.459 e. The Morgan fingerprint density at radius 1 is 1.13 bits per heavy atom. The summed E-state index contributed by atoms with van der Waals surface area (Å²) >= 11 is 0. The molecule has 5 rings (SSSR count). The highest BCUT2D eigenvalue weighted by Gasteiger charge is 2.46. The molecule has 2 aliphatic heterocycles. The monoisotopic (exact) mass is 406 g/mol. The number of carbonyl (C=O) groups excluding carboxylic acids is 1. The summed E-state index contributed by atoms with van der Waals surface area (Å²) in [6.45, 7) is 3.78. The predicted octanol–water partition coefficient (Wildman–Crippen LogP) is 1.44. The molecule has 0 saturated carbocycles. The summed E-state index contributed by atoms with van der Waals surface area (Å²) in [4.78, 5) is 39.8. The van der Waals surface area contributed by atoms with Crippen LogP contribution in [0.2, 0.25) is 0 Å². The van der Waals surface area contributed by atoms with Crippen LogP contribution in [-0.4, -0.2) is 38.2 Å². The second-order valence-corrected chi connectivity index (χ2v) is 8.39. The first-order valence-corrected chi connectivity index (χ1v) is 10.0. The van der Waals surface area contributed by atoms with Gasteiger partial charge in [-0.25, -0.2) is 4.68 Å². The van der Waals surface area contributed by atoms with Crippen LogP contribution in [0.15, 0.2) is 56.7 Å². The van der Waals surface area contributed by atoms with E-state index >= 15 is 0 Å². The lowest BCUT2D eigenvalue weighted by Gasteiger charge is -2.22. The Morgan fingerprint density at radius 3 is 2.67 bits per heavy atom. The van der Waals surface area contributed by atoms with Crippen molar-refractivity contribution in [1.82, 2.24) is 19.2 Å². The van der Waals surface area contributed by atoms with E-state index in [2.05, 4.69) is 5.10 Å². The number of benzene rings is 1. The van der Waals surface area contributed by atoms with Crippen molar-refractivity contribution in [2.45, 2.75) is 32.9 Å². The molecule has 0 aliphatic carbocycles. The van der Waals surface area contributed by atoms with E-state index < -0.39 is 11.1 Å². The number of aromatic nitrogens is 3. The zero-order valence-electron chi connectivity index (χ0n) is 16.7. The first kappa shape index (κ1) is 18.6. The van der Waals surface area contributed by atoms with Gasteiger partial charge < -0.3 is 9.32 Å². The molecule has 0 bridgehead atoms. The third-order valence-corrected chi connectivity index (χ3v) is 6.15. The maximum absolute atomic E-state index is 12.8. The van der Waals surface area contributed by atoms with Crippen molar-refractivity contribution in [2.24, 2.45) is 5.41 Å². The third kappa shape index (κ3) is 3.08. The Hall–Kier alpha value is -3.42. The number of nitrogens with zero attached hydrogens (tertiary/aromatic N) is 4. The van der Waals surface area contributed by atoms with Crippen molar-refractivity contribution in [2.75, 3.05) is 13.1 Å². The summed E-state index contributed by atoms with van der Waals surface area (Å²) in [7, 11) is 0. The molecule has 1 atom stereocenters. The second-order valence-electron chi connectivity index (χ2n) is 8.39. The van der Waals surface area contributed by atoms with Crippen LogP contribution in [-0.2, 0) is 19.5 Å². The second kappa shape index (κ2) is 6.83. The molecule has 1 fully saturated rings. The van der Waals surface area contributed by atoms with Crippen molar-refractivity contribution in [3.63, 3.8) is 0 Å². The lowest BCUT2D eigenvalue weighted by molar-refractivity contribution is 0.0740. The Bertz CT molecular complexity index is 1220. The van der Waals surface area contributed by atoms with Crippen LogP contribution in [0.5, 0.6) is 0 Å². The van der Waals surface area contributed by atoms with Crippen LogP contribution in [0.25, 0.3) is 0 Å². The Balaban J connectivity index is 1.40. The molecule has 4 heterocycles. The predicted molar refractivity (Wildman–Crippen MR) is 108 cm³/mol. The number of furan rings is 1. The molecule has 8 heteroatoms. The van der Waals surface area contributed by atoms with Crippen molar-refractivity contribution in [3.05, 3.63) is 86.1 Å². The Kier molecular flexibility index (Phi) is 4.23. The van der Waals surface area contributed by atoms with Gasteiger partial charge in [0, 0.05) is 31.5 Å². The van der Waals surface area contributed by atoms with Gasteiger partial charge in [-0.2, -0.15) is 5.10 Å². The van der Waals surface area contributed by atoms with Crippen LogP contribution in [0.4, 0.5) is 0 Å². The van der Waals surface area contributed by atoms with Crippen LogP contribution >= 0.6 is 0 Å². The Morgan fingerprint density at radius 2 is 1.93 bits per heavy atom. The van der Waals surface area contributed by atoms with E-state index in [0.29, 0.717) is 37.6 Å².